The molecule has 0 bridgehead atoms. The molecule has 0 saturated carbocycles. The number of likely N-dealkylation sites (N-methyl/N-ethyl adjacent to an activating group) is 1. The van der Waals surface area contributed by atoms with Crippen molar-refractivity contribution in [1.82, 2.24) is 4.90 Å². The van der Waals surface area contributed by atoms with Gasteiger partial charge in [0.1, 0.15) is 0 Å². The molecule has 0 aliphatic rings. The van der Waals surface area contributed by atoms with Crippen LogP contribution in [-0.4, -0.2) is 41.5 Å². The maximum absolute atomic E-state index is 8.92. The summed E-state index contributed by atoms with van der Waals surface area (Å²) < 4.78 is 0. The van der Waals surface area contributed by atoms with E-state index in [2.05, 4.69) is 17.5 Å². The number of nitrogens with zero attached hydrogens (tertiary/aromatic N) is 1. The standard InChI is InChI=1S/C7H17NOS/c1-7(2,6-9)8(3)4-5-10/h9-10H,4-6H2,1-3H3. The van der Waals surface area contributed by atoms with Gasteiger partial charge in [0.2, 0.25) is 0 Å². The number of rotatable bonds is 4. The Bertz CT molecular complexity index is 95.6. The Morgan fingerprint density at radius 1 is 1.50 bits per heavy atom. The van der Waals surface area contributed by atoms with Gasteiger partial charge in [-0.05, 0) is 20.9 Å². The molecule has 1 N–H and O–H groups in total. The van der Waals surface area contributed by atoms with Crippen LogP contribution in [0, 0.1) is 0 Å². The SMILES string of the molecule is CN(CCS)C(C)(C)CO. The van der Waals surface area contributed by atoms with Crippen LogP contribution in [0.15, 0.2) is 0 Å². The number of aliphatic hydroxyl groups is 1. The van der Waals surface area contributed by atoms with Gasteiger partial charge in [0.15, 0.2) is 0 Å². The fourth-order valence-electron chi connectivity index (χ4n) is 0.573. The van der Waals surface area contributed by atoms with Gasteiger partial charge in [-0.25, -0.2) is 0 Å². The zero-order valence-corrected chi connectivity index (χ0v) is 7.86. The van der Waals surface area contributed by atoms with Gasteiger partial charge in [-0.3, -0.25) is 4.90 Å². The van der Waals surface area contributed by atoms with Crippen LogP contribution in [0.3, 0.4) is 0 Å². The lowest BCUT2D eigenvalue weighted by molar-refractivity contribution is 0.0845. The van der Waals surface area contributed by atoms with Crippen LogP contribution in [0.2, 0.25) is 0 Å². The molecular weight excluding hydrogens is 146 g/mol. The Balaban J connectivity index is 3.78. The van der Waals surface area contributed by atoms with Gasteiger partial charge in [-0.15, -0.1) is 0 Å². The summed E-state index contributed by atoms with van der Waals surface area (Å²) in [6, 6.07) is 0. The minimum Gasteiger partial charge on any atom is -0.394 e. The number of aliphatic hydroxyl groups excluding tert-OH is 1. The Kier molecular flexibility index (Phi) is 4.32. The zero-order chi connectivity index (χ0) is 8.20. The van der Waals surface area contributed by atoms with Crippen molar-refractivity contribution in [1.29, 1.82) is 0 Å². The third-order valence-electron chi connectivity index (χ3n) is 1.86. The molecule has 62 valence electrons. The third kappa shape index (κ3) is 2.90. The molecule has 10 heavy (non-hydrogen) atoms. The summed E-state index contributed by atoms with van der Waals surface area (Å²) >= 11 is 4.11. The van der Waals surface area contributed by atoms with Gasteiger partial charge in [0.25, 0.3) is 0 Å². The monoisotopic (exact) mass is 163 g/mol. The predicted octanol–water partition coefficient (Wildman–Crippen LogP) is 0.619. The largest absolute Gasteiger partial charge is 0.394 e. The molecular formula is C7H17NOS. The van der Waals surface area contributed by atoms with Crippen LogP contribution < -0.4 is 0 Å². The van der Waals surface area contributed by atoms with Crippen molar-refractivity contribution in [2.45, 2.75) is 19.4 Å². The van der Waals surface area contributed by atoms with E-state index in [0.717, 1.165) is 12.3 Å². The minimum absolute atomic E-state index is 0.108. The number of hydrogen-bond acceptors (Lipinski definition) is 3. The van der Waals surface area contributed by atoms with Gasteiger partial charge in [-0.2, -0.15) is 12.6 Å². The van der Waals surface area contributed by atoms with Crippen LogP contribution in [0.1, 0.15) is 13.8 Å². The molecule has 0 aliphatic carbocycles. The molecule has 0 spiro atoms. The lowest BCUT2D eigenvalue weighted by Crippen LogP contribution is -2.45. The first-order chi connectivity index (χ1) is 4.54. The number of thiol groups is 1. The molecule has 0 aromatic heterocycles. The van der Waals surface area contributed by atoms with Gasteiger partial charge >= 0.3 is 0 Å². The molecule has 0 amide bonds. The van der Waals surface area contributed by atoms with Crippen LogP contribution in [0.4, 0.5) is 0 Å². The van der Waals surface area contributed by atoms with Crippen molar-refractivity contribution in [3.63, 3.8) is 0 Å². The first-order valence-corrected chi connectivity index (χ1v) is 4.11. The molecule has 0 heterocycles. The summed E-state index contributed by atoms with van der Waals surface area (Å²) in [6.07, 6.45) is 0. The molecule has 3 heteroatoms. The van der Waals surface area contributed by atoms with E-state index >= 15 is 0 Å². The van der Waals surface area contributed by atoms with Crippen molar-refractivity contribution < 1.29 is 5.11 Å². The zero-order valence-electron chi connectivity index (χ0n) is 6.96. The normalized spacial score (nSPS) is 12.6. The quantitative estimate of drug-likeness (QED) is 0.594. The van der Waals surface area contributed by atoms with Gasteiger partial charge in [-0.1, -0.05) is 0 Å². The van der Waals surface area contributed by atoms with Crippen molar-refractivity contribution >= 4 is 12.6 Å². The summed E-state index contributed by atoms with van der Waals surface area (Å²) in [5.41, 5.74) is -0.108. The lowest BCUT2D eigenvalue weighted by Gasteiger charge is -2.33. The average Bonchev–Trinajstić information content (AvgIpc) is 1.89. The van der Waals surface area contributed by atoms with E-state index in [0.29, 0.717) is 0 Å². The van der Waals surface area contributed by atoms with E-state index in [1.54, 1.807) is 0 Å². The second-order valence-electron chi connectivity index (χ2n) is 3.12. The molecule has 0 radical (unpaired) electrons. The highest BCUT2D eigenvalue weighted by atomic mass is 32.1. The highest BCUT2D eigenvalue weighted by molar-refractivity contribution is 7.80. The van der Waals surface area contributed by atoms with Crippen LogP contribution in [0.5, 0.6) is 0 Å². The van der Waals surface area contributed by atoms with Crippen LogP contribution >= 0.6 is 12.6 Å². The molecule has 2 nitrogen and oxygen atoms in total. The van der Waals surface area contributed by atoms with E-state index < -0.39 is 0 Å². The minimum atomic E-state index is -0.108. The highest BCUT2D eigenvalue weighted by Crippen LogP contribution is 2.09. The fourth-order valence-corrected chi connectivity index (χ4v) is 0.873. The van der Waals surface area contributed by atoms with Gasteiger partial charge in [0, 0.05) is 17.8 Å². The summed E-state index contributed by atoms with van der Waals surface area (Å²) in [7, 11) is 1.99. The number of hydrogen-bond donors (Lipinski definition) is 2. The Labute approximate surface area is 68.6 Å². The Hall–Kier alpha value is 0.270. The van der Waals surface area contributed by atoms with Crippen molar-refractivity contribution in [2.24, 2.45) is 0 Å². The van der Waals surface area contributed by atoms with E-state index in [-0.39, 0.29) is 12.1 Å². The van der Waals surface area contributed by atoms with Crippen molar-refractivity contribution in [2.75, 3.05) is 26.0 Å². The van der Waals surface area contributed by atoms with Crippen molar-refractivity contribution in [3.8, 4) is 0 Å². The van der Waals surface area contributed by atoms with Crippen LogP contribution in [-0.2, 0) is 0 Å². The fraction of sp³-hybridized carbons (Fsp3) is 1.00. The maximum Gasteiger partial charge on any atom is 0.0609 e. The van der Waals surface area contributed by atoms with Crippen LogP contribution in [0.25, 0.3) is 0 Å². The smallest absolute Gasteiger partial charge is 0.0609 e. The molecule has 0 aliphatic heterocycles. The molecule has 0 fully saturated rings. The lowest BCUT2D eigenvalue weighted by atomic mass is 10.1. The topological polar surface area (TPSA) is 23.5 Å². The second kappa shape index (κ2) is 4.21. The predicted molar refractivity (Wildman–Crippen MR) is 47.6 cm³/mol. The molecule has 0 aromatic rings. The summed E-state index contributed by atoms with van der Waals surface area (Å²) in [6.45, 7) is 5.13. The Morgan fingerprint density at radius 2 is 2.00 bits per heavy atom. The van der Waals surface area contributed by atoms with Crippen molar-refractivity contribution in [3.05, 3.63) is 0 Å². The first-order valence-electron chi connectivity index (χ1n) is 3.47. The highest BCUT2D eigenvalue weighted by Gasteiger charge is 2.20. The van der Waals surface area contributed by atoms with E-state index in [4.69, 9.17) is 5.11 Å². The molecule has 0 aromatic carbocycles. The average molecular weight is 163 g/mol. The third-order valence-corrected chi connectivity index (χ3v) is 2.06. The van der Waals surface area contributed by atoms with Gasteiger partial charge in [0.05, 0.1) is 6.61 Å². The Morgan fingerprint density at radius 3 is 2.30 bits per heavy atom. The summed E-state index contributed by atoms with van der Waals surface area (Å²) in [5, 5.41) is 8.92. The second-order valence-corrected chi connectivity index (χ2v) is 3.56. The summed E-state index contributed by atoms with van der Waals surface area (Å²) in [5.74, 6) is 0.833. The molecule has 0 atom stereocenters. The maximum atomic E-state index is 8.92. The van der Waals surface area contributed by atoms with E-state index in [1.807, 2.05) is 20.9 Å². The first kappa shape index (κ1) is 10.3. The van der Waals surface area contributed by atoms with Gasteiger partial charge < -0.3 is 5.11 Å². The van der Waals surface area contributed by atoms with E-state index in [9.17, 15) is 0 Å². The van der Waals surface area contributed by atoms with E-state index in [1.165, 1.54) is 0 Å². The molecule has 0 rings (SSSR count). The summed E-state index contributed by atoms with van der Waals surface area (Å²) in [4.78, 5) is 2.10. The molecule has 0 unspecified atom stereocenters. The molecule has 0 saturated heterocycles.